The Bertz CT molecular complexity index is 546. The maximum absolute atomic E-state index is 9.02. The van der Waals surface area contributed by atoms with Crippen molar-refractivity contribution >= 4 is 5.65 Å². The summed E-state index contributed by atoms with van der Waals surface area (Å²) in [6.45, 7) is 9.70. The topological polar surface area (TPSA) is 54.0 Å². The summed E-state index contributed by atoms with van der Waals surface area (Å²) in [6, 6.07) is 2.25. The van der Waals surface area contributed by atoms with E-state index in [0.29, 0.717) is 0 Å². The number of rotatable bonds is 1. The highest BCUT2D eigenvalue weighted by Gasteiger charge is 2.21. The lowest BCUT2D eigenvalue weighted by Crippen LogP contribution is -2.15. The number of nitrogens with zero attached hydrogens (tertiary/aromatic N) is 4. The van der Waals surface area contributed by atoms with Gasteiger partial charge in [-0.1, -0.05) is 13.8 Å². The Balaban J connectivity index is 0.000000686. The molecule has 0 saturated carbocycles. The number of nitriles is 1. The van der Waals surface area contributed by atoms with E-state index in [1.54, 1.807) is 16.9 Å². The molecule has 0 aromatic carbocycles. The molecule has 0 N–H and O–H groups in total. The molecular weight excluding hydrogens is 212 g/mol. The van der Waals surface area contributed by atoms with Gasteiger partial charge in [-0.15, -0.1) is 0 Å². The van der Waals surface area contributed by atoms with Crippen molar-refractivity contribution in [2.24, 2.45) is 0 Å². The molecule has 2 aromatic rings. The molecule has 0 fully saturated rings. The number of fused-ring (bicyclic) bond motifs is 1. The van der Waals surface area contributed by atoms with Crippen molar-refractivity contribution in [3.8, 4) is 6.07 Å². The van der Waals surface area contributed by atoms with Crippen LogP contribution in [0.1, 0.15) is 38.8 Å². The van der Waals surface area contributed by atoms with E-state index in [1.807, 2.05) is 40.8 Å². The SMILES string of the molecule is CC.Cc1cnn2cc(C(C)(C)C#N)cnc12. The van der Waals surface area contributed by atoms with Gasteiger partial charge in [-0.3, -0.25) is 0 Å². The molecule has 2 aromatic heterocycles. The summed E-state index contributed by atoms with van der Waals surface area (Å²) < 4.78 is 1.71. The summed E-state index contributed by atoms with van der Waals surface area (Å²) in [6.07, 6.45) is 5.37. The van der Waals surface area contributed by atoms with E-state index in [2.05, 4.69) is 16.2 Å². The summed E-state index contributed by atoms with van der Waals surface area (Å²) in [4.78, 5) is 4.30. The average molecular weight is 230 g/mol. The summed E-state index contributed by atoms with van der Waals surface area (Å²) in [5, 5.41) is 13.2. The molecule has 0 saturated heterocycles. The Morgan fingerprint density at radius 1 is 1.29 bits per heavy atom. The van der Waals surface area contributed by atoms with Gasteiger partial charge in [0.05, 0.1) is 17.7 Å². The van der Waals surface area contributed by atoms with E-state index in [4.69, 9.17) is 5.26 Å². The molecule has 0 radical (unpaired) electrons. The van der Waals surface area contributed by atoms with Crippen LogP contribution in [0, 0.1) is 18.3 Å². The molecule has 0 amide bonds. The number of aromatic nitrogens is 3. The molecule has 4 nitrogen and oxygen atoms in total. The predicted molar refractivity (Wildman–Crippen MR) is 67.7 cm³/mol. The lowest BCUT2D eigenvalue weighted by Gasteiger charge is -2.14. The molecule has 2 rings (SSSR count). The van der Waals surface area contributed by atoms with Gasteiger partial charge in [-0.2, -0.15) is 10.4 Å². The molecular formula is C13H18N4. The van der Waals surface area contributed by atoms with E-state index in [-0.39, 0.29) is 0 Å². The van der Waals surface area contributed by atoms with Gasteiger partial charge < -0.3 is 0 Å². The third kappa shape index (κ3) is 2.44. The molecule has 0 bridgehead atoms. The first-order valence-electron chi connectivity index (χ1n) is 5.76. The summed E-state index contributed by atoms with van der Waals surface area (Å²) >= 11 is 0. The molecule has 0 unspecified atom stereocenters. The Labute approximate surface area is 102 Å². The zero-order chi connectivity index (χ0) is 13.1. The van der Waals surface area contributed by atoms with Gasteiger partial charge in [0, 0.05) is 23.5 Å². The minimum atomic E-state index is -0.527. The Kier molecular flexibility index (Phi) is 3.84. The van der Waals surface area contributed by atoms with Crippen molar-refractivity contribution in [2.45, 2.75) is 40.0 Å². The van der Waals surface area contributed by atoms with Gasteiger partial charge in [0.25, 0.3) is 0 Å². The fourth-order valence-corrected chi connectivity index (χ4v) is 1.38. The number of aryl methyl sites for hydroxylation is 1. The first-order chi connectivity index (χ1) is 8.04. The van der Waals surface area contributed by atoms with Crippen molar-refractivity contribution in [1.82, 2.24) is 14.6 Å². The smallest absolute Gasteiger partial charge is 0.157 e. The van der Waals surface area contributed by atoms with Crippen molar-refractivity contribution in [2.75, 3.05) is 0 Å². The quantitative estimate of drug-likeness (QED) is 0.757. The standard InChI is InChI=1S/C11H12N4.C2H6/c1-8-4-14-15-6-9(5-13-10(8)15)11(2,3)7-12;1-2/h4-6H,1-3H3;1-2H3. The molecule has 4 heteroatoms. The van der Waals surface area contributed by atoms with Crippen LogP contribution in [-0.4, -0.2) is 14.6 Å². The van der Waals surface area contributed by atoms with E-state index < -0.39 is 5.41 Å². The largest absolute Gasteiger partial charge is 0.236 e. The third-order valence-electron chi connectivity index (χ3n) is 2.53. The predicted octanol–water partition coefficient (Wildman–Crippen LogP) is 2.87. The van der Waals surface area contributed by atoms with E-state index >= 15 is 0 Å². The number of hydrogen-bond donors (Lipinski definition) is 0. The Morgan fingerprint density at radius 3 is 2.53 bits per heavy atom. The first-order valence-corrected chi connectivity index (χ1v) is 5.76. The van der Waals surface area contributed by atoms with Crippen molar-refractivity contribution in [3.05, 3.63) is 29.7 Å². The molecule has 0 aliphatic rings. The summed E-state index contributed by atoms with van der Waals surface area (Å²) in [7, 11) is 0. The van der Waals surface area contributed by atoms with E-state index in [9.17, 15) is 0 Å². The molecule has 0 spiro atoms. The second kappa shape index (κ2) is 4.96. The van der Waals surface area contributed by atoms with Crippen LogP contribution in [0.25, 0.3) is 5.65 Å². The van der Waals surface area contributed by atoms with Crippen LogP contribution < -0.4 is 0 Å². The highest BCUT2D eigenvalue weighted by molar-refractivity contribution is 5.46. The van der Waals surface area contributed by atoms with Crippen LogP contribution in [0.3, 0.4) is 0 Å². The van der Waals surface area contributed by atoms with Crippen molar-refractivity contribution in [3.63, 3.8) is 0 Å². The maximum Gasteiger partial charge on any atom is 0.157 e. The van der Waals surface area contributed by atoms with Crippen LogP contribution in [0.4, 0.5) is 0 Å². The Morgan fingerprint density at radius 2 is 1.94 bits per heavy atom. The first kappa shape index (κ1) is 13.2. The second-order valence-corrected chi connectivity index (χ2v) is 4.18. The average Bonchev–Trinajstić information content (AvgIpc) is 2.73. The lowest BCUT2D eigenvalue weighted by atomic mass is 9.89. The van der Waals surface area contributed by atoms with Crippen molar-refractivity contribution in [1.29, 1.82) is 5.26 Å². The summed E-state index contributed by atoms with van der Waals surface area (Å²) in [5.41, 5.74) is 2.23. The van der Waals surface area contributed by atoms with E-state index in [1.165, 1.54) is 0 Å². The zero-order valence-electron chi connectivity index (χ0n) is 11.0. The highest BCUT2D eigenvalue weighted by atomic mass is 15.2. The van der Waals surface area contributed by atoms with Gasteiger partial charge in [-0.25, -0.2) is 9.50 Å². The van der Waals surface area contributed by atoms with Gasteiger partial charge in [0.15, 0.2) is 5.65 Å². The third-order valence-corrected chi connectivity index (χ3v) is 2.53. The van der Waals surface area contributed by atoms with Crippen LogP contribution in [0.2, 0.25) is 0 Å². The minimum absolute atomic E-state index is 0.527. The minimum Gasteiger partial charge on any atom is -0.236 e. The van der Waals surface area contributed by atoms with Crippen LogP contribution in [0.15, 0.2) is 18.6 Å². The highest BCUT2D eigenvalue weighted by Crippen LogP contribution is 2.21. The Hall–Kier alpha value is -1.89. The van der Waals surface area contributed by atoms with Gasteiger partial charge in [0.2, 0.25) is 0 Å². The molecule has 17 heavy (non-hydrogen) atoms. The summed E-state index contributed by atoms with van der Waals surface area (Å²) in [5.74, 6) is 0. The van der Waals surface area contributed by atoms with Gasteiger partial charge in [0.1, 0.15) is 0 Å². The van der Waals surface area contributed by atoms with Crippen LogP contribution in [0.5, 0.6) is 0 Å². The van der Waals surface area contributed by atoms with Crippen LogP contribution in [-0.2, 0) is 5.41 Å². The van der Waals surface area contributed by atoms with Crippen LogP contribution >= 0.6 is 0 Å². The fraction of sp³-hybridized carbons (Fsp3) is 0.462. The molecule has 0 atom stereocenters. The van der Waals surface area contributed by atoms with Crippen molar-refractivity contribution < 1.29 is 0 Å². The molecule has 2 heterocycles. The van der Waals surface area contributed by atoms with E-state index in [0.717, 1.165) is 16.8 Å². The second-order valence-electron chi connectivity index (χ2n) is 4.18. The lowest BCUT2D eigenvalue weighted by molar-refractivity contribution is 0.672. The zero-order valence-corrected chi connectivity index (χ0v) is 11.0. The maximum atomic E-state index is 9.02. The molecule has 0 aliphatic carbocycles. The normalized spacial score (nSPS) is 10.6. The van der Waals surface area contributed by atoms with Gasteiger partial charge in [-0.05, 0) is 20.8 Å². The molecule has 0 aliphatic heterocycles. The fourth-order valence-electron chi connectivity index (χ4n) is 1.38. The molecule has 90 valence electrons. The van der Waals surface area contributed by atoms with Gasteiger partial charge >= 0.3 is 0 Å². The number of hydrogen-bond acceptors (Lipinski definition) is 3. The monoisotopic (exact) mass is 230 g/mol.